The van der Waals surface area contributed by atoms with Gasteiger partial charge in [0.2, 0.25) is 0 Å². The zero-order chi connectivity index (χ0) is 36.2. The Kier molecular flexibility index (Phi) is 7.22. The number of para-hydroxylation sites is 5. The van der Waals surface area contributed by atoms with E-state index in [1.165, 1.54) is 0 Å². The molecule has 0 radical (unpaired) electrons. The van der Waals surface area contributed by atoms with Gasteiger partial charge in [-0.05, 0) is 64.7 Å². The molecule has 4 heteroatoms. The zero-order valence-corrected chi connectivity index (χ0v) is 29.1. The van der Waals surface area contributed by atoms with Gasteiger partial charge in [-0.25, -0.2) is 0 Å². The van der Waals surface area contributed by atoms with Gasteiger partial charge in [0.15, 0.2) is 0 Å². The number of nitrogens with zero attached hydrogens (tertiary/aromatic N) is 4. The van der Waals surface area contributed by atoms with Crippen molar-refractivity contribution in [3.8, 4) is 56.9 Å². The van der Waals surface area contributed by atoms with Crippen molar-refractivity contribution in [1.29, 1.82) is 10.5 Å². The van der Waals surface area contributed by atoms with Gasteiger partial charge in [0.1, 0.15) is 6.07 Å². The number of hydrogen-bond acceptors (Lipinski definition) is 2. The fraction of sp³-hybridized carbons (Fsp3) is 0. The molecule has 10 rings (SSSR count). The Morgan fingerprint density at radius 1 is 0.352 bits per heavy atom. The maximum absolute atomic E-state index is 10.2. The third-order valence-electron chi connectivity index (χ3n) is 10.6. The van der Waals surface area contributed by atoms with E-state index < -0.39 is 0 Å². The number of benzene rings is 8. The molecule has 4 nitrogen and oxygen atoms in total. The highest BCUT2D eigenvalue weighted by Crippen LogP contribution is 2.46. The Labute approximate surface area is 312 Å². The Bertz CT molecular complexity index is 3200. The molecule has 0 amide bonds. The maximum atomic E-state index is 10.2. The summed E-state index contributed by atoms with van der Waals surface area (Å²) in [5, 5.41) is 24.7. The standard InChI is InChI=1S/C50H30N4/c51-31-33-14-11-16-35(30-33)53-47-28-9-6-21-40(47)44-25-12-23-42(49(44)53)38-19-4-2-17-36(38)37-18-3-5-20-39(37)43-24-13-26-45-41-22-7-10-29-48(41)54(50(43)45)46-27-8-1-15-34(46)32-52/h1-30H. The molecule has 0 atom stereocenters. The maximum Gasteiger partial charge on any atom is 0.101 e. The van der Waals surface area contributed by atoms with Crippen LogP contribution in [0.3, 0.4) is 0 Å². The van der Waals surface area contributed by atoms with Crippen LogP contribution in [0.25, 0.3) is 88.4 Å². The summed E-state index contributed by atoms with van der Waals surface area (Å²) in [4.78, 5) is 0. The molecule has 0 aliphatic carbocycles. The van der Waals surface area contributed by atoms with Crippen molar-refractivity contribution in [1.82, 2.24) is 9.13 Å². The second-order valence-corrected chi connectivity index (χ2v) is 13.5. The van der Waals surface area contributed by atoms with E-state index in [0.29, 0.717) is 11.1 Å². The molecule has 0 N–H and O–H groups in total. The summed E-state index contributed by atoms with van der Waals surface area (Å²) in [6, 6.07) is 67.8. The van der Waals surface area contributed by atoms with Crippen LogP contribution in [-0.4, -0.2) is 9.13 Å². The Morgan fingerprint density at radius 2 is 0.796 bits per heavy atom. The highest BCUT2D eigenvalue weighted by Gasteiger charge is 2.22. The molecule has 0 bridgehead atoms. The molecule has 250 valence electrons. The average Bonchev–Trinajstić information content (AvgIpc) is 3.77. The van der Waals surface area contributed by atoms with Crippen molar-refractivity contribution in [2.24, 2.45) is 0 Å². The minimum absolute atomic E-state index is 0.620. The summed E-state index contributed by atoms with van der Waals surface area (Å²) in [5.74, 6) is 0. The van der Waals surface area contributed by atoms with E-state index in [2.05, 4.69) is 161 Å². The highest BCUT2D eigenvalue weighted by molar-refractivity contribution is 6.17. The van der Waals surface area contributed by atoms with Crippen LogP contribution in [0, 0.1) is 22.7 Å². The minimum Gasteiger partial charge on any atom is -0.309 e. The topological polar surface area (TPSA) is 57.4 Å². The quantitative estimate of drug-likeness (QED) is 0.181. The van der Waals surface area contributed by atoms with Gasteiger partial charge in [0, 0.05) is 38.4 Å². The van der Waals surface area contributed by atoms with Gasteiger partial charge in [-0.1, -0.05) is 140 Å². The monoisotopic (exact) mass is 686 g/mol. The Balaban J connectivity index is 1.27. The molecule has 2 aromatic heterocycles. The molecule has 8 aromatic carbocycles. The van der Waals surface area contributed by atoms with E-state index in [1.807, 2.05) is 42.5 Å². The largest absolute Gasteiger partial charge is 0.309 e. The van der Waals surface area contributed by atoms with Gasteiger partial charge in [-0.3, -0.25) is 0 Å². The number of fused-ring (bicyclic) bond motifs is 6. The first-order valence-electron chi connectivity index (χ1n) is 18.0. The fourth-order valence-corrected chi connectivity index (χ4v) is 8.37. The number of aromatic nitrogens is 2. The van der Waals surface area contributed by atoms with Crippen LogP contribution >= 0.6 is 0 Å². The van der Waals surface area contributed by atoms with E-state index in [0.717, 1.165) is 88.4 Å². The molecule has 2 heterocycles. The summed E-state index contributed by atoms with van der Waals surface area (Å²) in [7, 11) is 0. The molecule has 0 aliphatic heterocycles. The van der Waals surface area contributed by atoms with Crippen LogP contribution < -0.4 is 0 Å². The van der Waals surface area contributed by atoms with Crippen molar-refractivity contribution in [2.45, 2.75) is 0 Å². The number of nitriles is 2. The van der Waals surface area contributed by atoms with Gasteiger partial charge < -0.3 is 9.13 Å². The van der Waals surface area contributed by atoms with Crippen LogP contribution in [-0.2, 0) is 0 Å². The van der Waals surface area contributed by atoms with Gasteiger partial charge in [0.05, 0.1) is 45.0 Å². The fourth-order valence-electron chi connectivity index (χ4n) is 8.37. The molecule has 0 aliphatic rings. The minimum atomic E-state index is 0.620. The lowest BCUT2D eigenvalue weighted by atomic mass is 9.88. The van der Waals surface area contributed by atoms with Crippen molar-refractivity contribution < 1.29 is 0 Å². The van der Waals surface area contributed by atoms with Gasteiger partial charge in [-0.2, -0.15) is 10.5 Å². The molecule has 54 heavy (non-hydrogen) atoms. The zero-order valence-electron chi connectivity index (χ0n) is 29.1. The molecule has 0 saturated heterocycles. The normalized spacial score (nSPS) is 11.3. The van der Waals surface area contributed by atoms with E-state index >= 15 is 0 Å². The second-order valence-electron chi connectivity index (χ2n) is 13.5. The van der Waals surface area contributed by atoms with Crippen molar-refractivity contribution in [3.05, 3.63) is 193 Å². The summed E-state index contributed by atoms with van der Waals surface area (Å²) >= 11 is 0. The van der Waals surface area contributed by atoms with Crippen LogP contribution in [0.15, 0.2) is 182 Å². The van der Waals surface area contributed by atoms with Crippen LogP contribution in [0.2, 0.25) is 0 Å². The summed E-state index contributed by atoms with van der Waals surface area (Å²) in [6.45, 7) is 0. The molecule has 0 spiro atoms. The smallest absolute Gasteiger partial charge is 0.101 e. The number of rotatable bonds is 5. The Hall–Kier alpha value is -7.66. The van der Waals surface area contributed by atoms with E-state index in [9.17, 15) is 10.5 Å². The lowest BCUT2D eigenvalue weighted by Crippen LogP contribution is -1.99. The van der Waals surface area contributed by atoms with E-state index in [1.54, 1.807) is 0 Å². The van der Waals surface area contributed by atoms with Crippen molar-refractivity contribution in [3.63, 3.8) is 0 Å². The Morgan fingerprint density at radius 3 is 1.39 bits per heavy atom. The van der Waals surface area contributed by atoms with Crippen LogP contribution in [0.4, 0.5) is 0 Å². The molecule has 0 unspecified atom stereocenters. The van der Waals surface area contributed by atoms with E-state index in [4.69, 9.17) is 0 Å². The van der Waals surface area contributed by atoms with E-state index in [-0.39, 0.29) is 0 Å². The van der Waals surface area contributed by atoms with Gasteiger partial charge in [-0.15, -0.1) is 0 Å². The predicted molar refractivity (Wildman–Crippen MR) is 221 cm³/mol. The molecule has 0 fully saturated rings. The summed E-state index contributed by atoms with van der Waals surface area (Å²) < 4.78 is 4.56. The highest BCUT2D eigenvalue weighted by atomic mass is 15.0. The van der Waals surface area contributed by atoms with Gasteiger partial charge >= 0.3 is 0 Å². The first kappa shape index (κ1) is 31.1. The molecular formula is C50H30N4. The molecule has 10 aromatic rings. The first-order chi connectivity index (χ1) is 26.7. The van der Waals surface area contributed by atoms with Crippen molar-refractivity contribution >= 4 is 43.6 Å². The third kappa shape index (κ3) is 4.68. The summed E-state index contributed by atoms with van der Waals surface area (Å²) in [5.41, 5.74) is 14.0. The first-order valence-corrected chi connectivity index (χ1v) is 18.0. The van der Waals surface area contributed by atoms with Crippen LogP contribution in [0.1, 0.15) is 11.1 Å². The van der Waals surface area contributed by atoms with Gasteiger partial charge in [0.25, 0.3) is 0 Å². The predicted octanol–water partition coefficient (Wildman–Crippen LogP) is 12.6. The van der Waals surface area contributed by atoms with Crippen molar-refractivity contribution in [2.75, 3.05) is 0 Å². The average molecular weight is 687 g/mol. The third-order valence-corrected chi connectivity index (χ3v) is 10.6. The molecular weight excluding hydrogens is 657 g/mol. The lowest BCUT2D eigenvalue weighted by Gasteiger charge is -2.18. The summed E-state index contributed by atoms with van der Waals surface area (Å²) in [6.07, 6.45) is 0. The second kappa shape index (κ2) is 12.5. The van der Waals surface area contributed by atoms with Crippen LogP contribution in [0.5, 0.6) is 0 Å². The lowest BCUT2D eigenvalue weighted by molar-refractivity contribution is 1.17. The number of hydrogen-bond donors (Lipinski definition) is 0. The SMILES string of the molecule is N#Cc1cccc(-n2c3ccccc3c3cccc(-c4ccccc4-c4ccccc4-c4cccc5c6ccccc6n(-c6ccccc6C#N)c45)c32)c1. The molecule has 0 saturated carbocycles.